The van der Waals surface area contributed by atoms with Crippen molar-refractivity contribution in [1.29, 1.82) is 0 Å². The molecule has 2 fully saturated rings. The minimum atomic E-state index is -3.50. The van der Waals surface area contributed by atoms with Crippen molar-refractivity contribution in [1.82, 2.24) is 9.62 Å². The Bertz CT molecular complexity index is 1250. The Hall–Kier alpha value is -2.13. The number of aliphatic carboxylic acids is 1. The Morgan fingerprint density at radius 1 is 1.14 bits per heavy atom. The van der Waals surface area contributed by atoms with Crippen molar-refractivity contribution in [3.63, 3.8) is 0 Å². The molecule has 4 rings (SSSR count). The molecule has 0 aromatic heterocycles. The van der Waals surface area contributed by atoms with Crippen molar-refractivity contribution < 1.29 is 23.1 Å². The molecule has 1 aliphatic heterocycles. The summed E-state index contributed by atoms with van der Waals surface area (Å²) in [6, 6.07) is 13.8. The highest BCUT2D eigenvalue weighted by molar-refractivity contribution is 7.88. The largest absolute Gasteiger partial charge is 0.481 e. The van der Waals surface area contributed by atoms with Crippen LogP contribution >= 0.6 is 23.2 Å². The molecule has 0 bridgehead atoms. The van der Waals surface area contributed by atoms with E-state index >= 15 is 0 Å². The van der Waals surface area contributed by atoms with Crippen LogP contribution in [-0.2, 0) is 19.6 Å². The van der Waals surface area contributed by atoms with Gasteiger partial charge in [-0.2, -0.15) is 0 Å². The number of piperidine rings is 1. The number of carboxylic acid groups (broad SMARTS) is 1. The van der Waals surface area contributed by atoms with Crippen LogP contribution in [0.25, 0.3) is 0 Å². The van der Waals surface area contributed by atoms with Crippen molar-refractivity contribution in [2.45, 2.75) is 50.6 Å². The van der Waals surface area contributed by atoms with Gasteiger partial charge in [0.15, 0.2) is 0 Å². The number of hydrogen-bond acceptors (Lipinski definition) is 4. The molecule has 1 unspecified atom stereocenters. The lowest BCUT2D eigenvalue weighted by molar-refractivity contribution is -0.161. The van der Waals surface area contributed by atoms with Crippen LogP contribution in [0.5, 0.6) is 0 Å². The minimum Gasteiger partial charge on any atom is -0.481 e. The second-order valence-electron chi connectivity index (χ2n) is 10.2. The van der Waals surface area contributed by atoms with Crippen LogP contribution in [0.4, 0.5) is 0 Å². The third-order valence-electron chi connectivity index (χ3n) is 7.21. The average Bonchev–Trinajstić information content (AvgIpc) is 3.61. The van der Waals surface area contributed by atoms with Crippen LogP contribution in [0.15, 0.2) is 48.5 Å². The summed E-state index contributed by atoms with van der Waals surface area (Å²) >= 11 is 12.5. The van der Waals surface area contributed by atoms with Crippen LogP contribution in [0.1, 0.15) is 55.7 Å². The van der Waals surface area contributed by atoms with Crippen molar-refractivity contribution in [3.8, 4) is 0 Å². The summed E-state index contributed by atoms with van der Waals surface area (Å²) < 4.78 is 26.6. The molecule has 10 heteroatoms. The first-order valence-electron chi connectivity index (χ1n) is 11.9. The van der Waals surface area contributed by atoms with E-state index in [4.69, 9.17) is 23.2 Å². The molecule has 0 spiro atoms. The summed E-state index contributed by atoms with van der Waals surface area (Å²) in [4.78, 5) is 27.9. The van der Waals surface area contributed by atoms with Gasteiger partial charge in [-0.3, -0.25) is 9.59 Å². The molecule has 1 heterocycles. The molecule has 1 aliphatic carbocycles. The first kappa shape index (κ1) is 26.9. The summed E-state index contributed by atoms with van der Waals surface area (Å²) in [5.41, 5.74) is 0.558. The highest BCUT2D eigenvalue weighted by atomic mass is 35.5. The number of nitrogens with one attached hydrogen (secondary N) is 1. The maximum Gasteiger partial charge on any atom is 0.304 e. The molecule has 194 valence electrons. The topological polar surface area (TPSA) is 104 Å². The quantitative estimate of drug-likeness (QED) is 0.462. The number of likely N-dealkylation sites (tertiary alicyclic amines) is 1. The number of sulfonamides is 1. The van der Waals surface area contributed by atoms with Gasteiger partial charge < -0.3 is 10.0 Å². The number of benzene rings is 2. The minimum absolute atomic E-state index is 0.0603. The van der Waals surface area contributed by atoms with Gasteiger partial charge in [-0.1, -0.05) is 54.4 Å². The number of rotatable bonds is 9. The molecule has 1 amide bonds. The number of halogens is 2. The molecular weight excluding hydrogens is 523 g/mol. The Morgan fingerprint density at radius 3 is 2.36 bits per heavy atom. The van der Waals surface area contributed by atoms with E-state index < -0.39 is 33.5 Å². The lowest BCUT2D eigenvalue weighted by atomic mass is 9.67. The molecule has 1 saturated heterocycles. The molecule has 36 heavy (non-hydrogen) atoms. The third-order valence-corrected chi connectivity index (χ3v) is 8.39. The van der Waals surface area contributed by atoms with Crippen LogP contribution in [-0.4, -0.2) is 49.1 Å². The van der Waals surface area contributed by atoms with E-state index in [1.807, 2.05) is 30.3 Å². The highest BCUT2D eigenvalue weighted by Crippen LogP contribution is 2.53. The monoisotopic (exact) mass is 552 g/mol. The zero-order chi connectivity index (χ0) is 26.3. The normalized spacial score (nSPS) is 25.6. The fourth-order valence-electron chi connectivity index (χ4n) is 5.45. The number of amides is 1. The van der Waals surface area contributed by atoms with Gasteiger partial charge >= 0.3 is 5.97 Å². The molecule has 1 saturated carbocycles. The van der Waals surface area contributed by atoms with Gasteiger partial charge in [-0.25, -0.2) is 13.1 Å². The highest BCUT2D eigenvalue weighted by Gasteiger charge is 2.54. The van der Waals surface area contributed by atoms with Gasteiger partial charge in [-0.15, -0.1) is 0 Å². The summed E-state index contributed by atoms with van der Waals surface area (Å²) in [6.45, 7) is 1.75. The van der Waals surface area contributed by atoms with Gasteiger partial charge in [0.25, 0.3) is 0 Å². The van der Waals surface area contributed by atoms with E-state index in [0.717, 1.165) is 30.2 Å². The van der Waals surface area contributed by atoms with E-state index in [-0.39, 0.29) is 30.7 Å². The summed E-state index contributed by atoms with van der Waals surface area (Å²) in [6.07, 6.45) is 2.80. The van der Waals surface area contributed by atoms with Gasteiger partial charge in [0.05, 0.1) is 24.1 Å². The van der Waals surface area contributed by atoms with Crippen LogP contribution in [0.3, 0.4) is 0 Å². The Morgan fingerprint density at radius 2 is 1.81 bits per heavy atom. The Labute approximate surface area is 221 Å². The van der Waals surface area contributed by atoms with Crippen LogP contribution < -0.4 is 4.72 Å². The zero-order valence-electron chi connectivity index (χ0n) is 20.2. The molecule has 2 aliphatic rings. The van der Waals surface area contributed by atoms with Crippen molar-refractivity contribution >= 4 is 45.1 Å². The van der Waals surface area contributed by atoms with E-state index in [2.05, 4.69) is 4.72 Å². The zero-order valence-corrected chi connectivity index (χ0v) is 22.5. The summed E-state index contributed by atoms with van der Waals surface area (Å²) in [5.74, 6) is -1.50. The number of hydrogen-bond donors (Lipinski definition) is 2. The second kappa shape index (κ2) is 10.3. The van der Waals surface area contributed by atoms with Crippen LogP contribution in [0.2, 0.25) is 10.0 Å². The predicted molar refractivity (Wildman–Crippen MR) is 140 cm³/mol. The van der Waals surface area contributed by atoms with E-state index in [1.165, 1.54) is 0 Å². The smallest absolute Gasteiger partial charge is 0.304 e. The number of carbonyl (C=O) groups is 2. The second-order valence-corrected chi connectivity index (χ2v) is 12.9. The van der Waals surface area contributed by atoms with Crippen LogP contribution in [0, 0.1) is 11.3 Å². The summed E-state index contributed by atoms with van der Waals surface area (Å²) in [5, 5.41) is 10.8. The molecular formula is C26H30Cl2N2O5S. The third kappa shape index (κ3) is 6.05. The van der Waals surface area contributed by atoms with E-state index in [9.17, 15) is 23.1 Å². The SMILES string of the molecule is C[C@]1(CC(=O)O)C[C@H](c2cccc(Cl)c2)[C@@H](c2ccc(Cl)cc2)N(C(CNS(C)(=O)=O)C2CC2)C1=O. The fourth-order valence-corrected chi connectivity index (χ4v) is 6.25. The maximum absolute atomic E-state index is 14.2. The summed E-state index contributed by atoms with van der Waals surface area (Å²) in [7, 11) is -3.50. The lowest BCUT2D eigenvalue weighted by Gasteiger charge is -2.52. The molecule has 2 aromatic carbocycles. The molecule has 7 nitrogen and oxygen atoms in total. The van der Waals surface area contributed by atoms with E-state index in [0.29, 0.717) is 16.5 Å². The fraction of sp³-hybridized carbons (Fsp3) is 0.462. The Kier molecular flexibility index (Phi) is 7.72. The first-order valence-corrected chi connectivity index (χ1v) is 14.5. The molecule has 2 aromatic rings. The Balaban J connectivity index is 1.89. The number of nitrogens with zero attached hydrogens (tertiary/aromatic N) is 1. The van der Waals surface area contributed by atoms with Crippen molar-refractivity contribution in [3.05, 3.63) is 69.7 Å². The van der Waals surface area contributed by atoms with Crippen molar-refractivity contribution in [2.75, 3.05) is 12.8 Å². The molecule has 4 atom stereocenters. The predicted octanol–water partition coefficient (Wildman–Crippen LogP) is 4.86. The van der Waals surface area contributed by atoms with Crippen molar-refractivity contribution in [2.24, 2.45) is 11.3 Å². The van der Waals surface area contributed by atoms with Gasteiger partial charge in [0, 0.05) is 28.5 Å². The average molecular weight is 554 g/mol. The van der Waals surface area contributed by atoms with Gasteiger partial charge in [-0.05, 0) is 60.6 Å². The number of carboxylic acids is 1. The molecule has 2 N–H and O–H groups in total. The van der Waals surface area contributed by atoms with E-state index in [1.54, 1.807) is 30.0 Å². The first-order chi connectivity index (χ1) is 16.9. The maximum atomic E-state index is 14.2. The number of carbonyl (C=O) groups excluding carboxylic acids is 1. The van der Waals surface area contributed by atoms with Gasteiger partial charge in [0.2, 0.25) is 15.9 Å². The van der Waals surface area contributed by atoms with Gasteiger partial charge in [0.1, 0.15) is 0 Å². The standard InChI is InChI=1S/C26H30Cl2N2O5S/c1-26(14-23(31)32)13-21(18-4-3-5-20(28)12-18)24(17-8-10-19(27)11-9-17)30(25(26)33)22(16-6-7-16)15-29-36(2,34)35/h3-5,8-12,16,21-22,24,29H,6-7,13-15H2,1-2H3,(H,31,32)/t21-,22?,24-,26-/m1/s1. The molecule has 0 radical (unpaired) electrons. The lowest BCUT2D eigenvalue weighted by Crippen LogP contribution is -2.59.